The number of carbonyl (C=O) groups excluding carboxylic acids is 1. The number of phenols is 2. The maximum atomic E-state index is 13.0. The minimum Gasteiger partial charge on any atom is -0.507 e. The fourth-order valence-electron chi connectivity index (χ4n) is 4.01. The molecular weight excluding hydrogens is 340 g/mol. The molecule has 0 fully saturated rings. The van der Waals surface area contributed by atoms with E-state index in [1.54, 1.807) is 30.3 Å². The van der Waals surface area contributed by atoms with Gasteiger partial charge in [-0.2, -0.15) is 0 Å². The van der Waals surface area contributed by atoms with Crippen LogP contribution in [0.2, 0.25) is 0 Å². The molecule has 0 saturated carbocycles. The van der Waals surface area contributed by atoms with E-state index < -0.39 is 17.3 Å². The second-order valence-corrected chi connectivity index (χ2v) is 6.62. The third kappa shape index (κ3) is 2.31. The predicted octanol–water partition coefficient (Wildman–Crippen LogP) is 3.85. The van der Waals surface area contributed by atoms with E-state index in [1.165, 1.54) is 12.1 Å². The second kappa shape index (κ2) is 6.11. The van der Waals surface area contributed by atoms with Crippen LogP contribution in [0.1, 0.15) is 38.5 Å². The van der Waals surface area contributed by atoms with Crippen LogP contribution in [0, 0.1) is 0 Å². The molecule has 4 nitrogen and oxygen atoms in total. The molecule has 1 aliphatic carbocycles. The normalized spacial score (nSPS) is 15.5. The summed E-state index contributed by atoms with van der Waals surface area (Å²) in [5.74, 6) is -1.59. The lowest BCUT2D eigenvalue weighted by molar-refractivity contribution is 0.0577. The van der Waals surface area contributed by atoms with Crippen LogP contribution >= 0.6 is 0 Å². The molecule has 0 saturated heterocycles. The van der Waals surface area contributed by atoms with Gasteiger partial charge in [-0.1, -0.05) is 60.7 Å². The summed E-state index contributed by atoms with van der Waals surface area (Å²) < 4.78 is 0. The maximum absolute atomic E-state index is 13.0. The second-order valence-electron chi connectivity index (χ2n) is 6.62. The summed E-state index contributed by atoms with van der Waals surface area (Å²) in [6.45, 7) is 3.90. The molecule has 3 N–H and O–H groups in total. The Labute approximate surface area is 156 Å². The quantitative estimate of drug-likeness (QED) is 0.622. The summed E-state index contributed by atoms with van der Waals surface area (Å²) >= 11 is 0. The summed E-state index contributed by atoms with van der Waals surface area (Å²) in [6, 6.07) is 18.5. The highest BCUT2D eigenvalue weighted by Crippen LogP contribution is 2.51. The molecule has 3 aromatic rings. The molecule has 0 spiro atoms. The average molecular weight is 358 g/mol. The predicted molar refractivity (Wildman–Crippen MR) is 102 cm³/mol. The smallest absolute Gasteiger partial charge is 0.201 e. The van der Waals surface area contributed by atoms with Crippen LogP contribution in [0.3, 0.4) is 0 Å². The van der Waals surface area contributed by atoms with E-state index in [0.29, 0.717) is 11.1 Å². The molecule has 4 heteroatoms. The molecule has 134 valence electrons. The first kappa shape index (κ1) is 17.1. The number of phenolic OH excluding ortho intramolecular Hbond substituents is 2. The number of fused-ring (bicyclic) bond motifs is 2. The zero-order chi connectivity index (χ0) is 19.2. The van der Waals surface area contributed by atoms with E-state index in [2.05, 4.69) is 6.58 Å². The van der Waals surface area contributed by atoms with Crippen LogP contribution in [-0.2, 0) is 5.60 Å². The molecule has 4 rings (SSSR count). The Morgan fingerprint density at radius 3 is 1.81 bits per heavy atom. The van der Waals surface area contributed by atoms with Crippen LogP contribution in [0.4, 0.5) is 0 Å². The molecule has 27 heavy (non-hydrogen) atoms. The molecule has 0 heterocycles. The minimum atomic E-state index is -1.68. The first-order chi connectivity index (χ1) is 13.0. The van der Waals surface area contributed by atoms with Crippen molar-refractivity contribution in [1.29, 1.82) is 0 Å². The monoisotopic (exact) mass is 358 g/mol. The van der Waals surface area contributed by atoms with E-state index in [4.69, 9.17) is 0 Å². The van der Waals surface area contributed by atoms with Gasteiger partial charge in [0, 0.05) is 17.0 Å². The summed E-state index contributed by atoms with van der Waals surface area (Å²) in [5.41, 5.74) is -0.306. The first-order valence-corrected chi connectivity index (χ1v) is 8.59. The third-order valence-corrected chi connectivity index (χ3v) is 5.20. The molecule has 1 atom stereocenters. The van der Waals surface area contributed by atoms with Crippen molar-refractivity contribution in [3.63, 3.8) is 0 Å². The number of aromatic hydroxyl groups is 2. The van der Waals surface area contributed by atoms with E-state index in [1.807, 2.05) is 30.3 Å². The van der Waals surface area contributed by atoms with E-state index in [9.17, 15) is 20.1 Å². The summed E-state index contributed by atoms with van der Waals surface area (Å²) in [4.78, 5) is 13.0. The van der Waals surface area contributed by atoms with Crippen LogP contribution in [0.25, 0.3) is 0 Å². The number of hydrogen-bond acceptors (Lipinski definition) is 4. The third-order valence-electron chi connectivity index (χ3n) is 5.20. The largest absolute Gasteiger partial charge is 0.507 e. The zero-order valence-corrected chi connectivity index (χ0v) is 14.5. The van der Waals surface area contributed by atoms with Crippen molar-refractivity contribution in [1.82, 2.24) is 0 Å². The maximum Gasteiger partial charge on any atom is 0.201 e. The highest BCUT2D eigenvalue weighted by molar-refractivity contribution is 6.16. The van der Waals surface area contributed by atoms with Crippen molar-refractivity contribution < 1.29 is 20.1 Å². The van der Waals surface area contributed by atoms with Gasteiger partial charge in [-0.3, -0.25) is 4.79 Å². The Morgan fingerprint density at radius 2 is 1.33 bits per heavy atom. The van der Waals surface area contributed by atoms with Gasteiger partial charge in [-0.05, 0) is 17.7 Å². The molecular formula is C23H18O4. The Kier molecular flexibility index (Phi) is 3.86. The van der Waals surface area contributed by atoms with E-state index in [0.717, 1.165) is 5.56 Å². The standard InChI is InChI=1S/C23H18O4/c1-2-15(14-8-4-3-5-9-14)23(27)16-10-6-12-18(24)20(16)22(26)21-17(23)11-7-13-19(21)25/h2-13,15,24-25,27H,1H2. The fraction of sp³-hybridized carbons (Fsp3) is 0.0870. The van der Waals surface area contributed by atoms with Gasteiger partial charge in [0.15, 0.2) is 0 Å². The van der Waals surface area contributed by atoms with Gasteiger partial charge in [0.25, 0.3) is 0 Å². The lowest BCUT2D eigenvalue weighted by Gasteiger charge is -2.41. The number of carbonyl (C=O) groups is 1. The number of hydrogen-bond donors (Lipinski definition) is 3. The van der Waals surface area contributed by atoms with Crippen LogP contribution in [-0.4, -0.2) is 21.1 Å². The molecule has 3 aromatic carbocycles. The SMILES string of the molecule is C=CC(c1ccccc1)C1(O)c2cccc(O)c2C(=O)c2c(O)cccc21. The highest BCUT2D eigenvalue weighted by atomic mass is 16.3. The van der Waals surface area contributed by atoms with Crippen LogP contribution in [0.5, 0.6) is 11.5 Å². The highest BCUT2D eigenvalue weighted by Gasteiger charge is 2.49. The average Bonchev–Trinajstić information content (AvgIpc) is 2.67. The molecule has 0 aromatic heterocycles. The fourth-order valence-corrected chi connectivity index (χ4v) is 4.01. The zero-order valence-electron chi connectivity index (χ0n) is 14.5. The molecule has 0 aliphatic heterocycles. The molecule has 0 radical (unpaired) electrons. The van der Waals surface area contributed by atoms with Crippen LogP contribution < -0.4 is 0 Å². The van der Waals surface area contributed by atoms with Gasteiger partial charge in [0.1, 0.15) is 17.1 Å². The van der Waals surface area contributed by atoms with Crippen molar-refractivity contribution in [2.24, 2.45) is 0 Å². The molecule has 1 aliphatic rings. The number of benzene rings is 3. The van der Waals surface area contributed by atoms with Crippen LogP contribution in [0.15, 0.2) is 79.4 Å². The molecule has 0 bridgehead atoms. The number of rotatable bonds is 3. The van der Waals surface area contributed by atoms with Gasteiger partial charge >= 0.3 is 0 Å². The van der Waals surface area contributed by atoms with E-state index in [-0.39, 0.29) is 22.6 Å². The summed E-state index contributed by atoms with van der Waals surface area (Å²) in [6.07, 6.45) is 1.62. The van der Waals surface area contributed by atoms with Gasteiger partial charge in [0.05, 0.1) is 11.1 Å². The summed E-state index contributed by atoms with van der Waals surface area (Å²) in [7, 11) is 0. The summed E-state index contributed by atoms with van der Waals surface area (Å²) in [5, 5.41) is 32.7. The van der Waals surface area contributed by atoms with Crippen molar-refractivity contribution in [3.8, 4) is 11.5 Å². The molecule has 1 unspecified atom stereocenters. The van der Waals surface area contributed by atoms with Crippen molar-refractivity contribution >= 4 is 5.78 Å². The number of ketones is 1. The number of aliphatic hydroxyl groups is 1. The van der Waals surface area contributed by atoms with Gasteiger partial charge in [-0.15, -0.1) is 6.58 Å². The first-order valence-electron chi connectivity index (χ1n) is 8.59. The lowest BCUT2D eigenvalue weighted by atomic mass is 9.66. The van der Waals surface area contributed by atoms with Crippen molar-refractivity contribution in [2.45, 2.75) is 11.5 Å². The van der Waals surface area contributed by atoms with E-state index >= 15 is 0 Å². The molecule has 0 amide bonds. The van der Waals surface area contributed by atoms with Crippen molar-refractivity contribution in [3.05, 3.63) is 107 Å². The van der Waals surface area contributed by atoms with Gasteiger partial charge in [0.2, 0.25) is 5.78 Å². The Balaban J connectivity index is 2.11. The Bertz CT molecular complexity index is 998. The van der Waals surface area contributed by atoms with Gasteiger partial charge in [-0.25, -0.2) is 0 Å². The lowest BCUT2D eigenvalue weighted by Crippen LogP contribution is -2.40. The van der Waals surface area contributed by atoms with Gasteiger partial charge < -0.3 is 15.3 Å². The topological polar surface area (TPSA) is 77.8 Å². The Hall–Kier alpha value is -3.37. The Morgan fingerprint density at radius 1 is 0.815 bits per heavy atom. The minimum absolute atomic E-state index is 0.00298. The van der Waals surface area contributed by atoms with Crippen molar-refractivity contribution in [2.75, 3.05) is 0 Å².